The number of nitro benzene ring substituents is 1. The lowest BCUT2D eigenvalue weighted by Gasteiger charge is -2.39. The van der Waals surface area contributed by atoms with Gasteiger partial charge >= 0.3 is 6.03 Å². The van der Waals surface area contributed by atoms with Crippen LogP contribution in [0.15, 0.2) is 24.3 Å². The Kier molecular flexibility index (Phi) is 6.72. The summed E-state index contributed by atoms with van der Waals surface area (Å²) in [5, 5.41) is 16.3. The first-order chi connectivity index (χ1) is 11.9. The lowest BCUT2D eigenvalue weighted by atomic mass is 10.0. The monoisotopic (exact) mass is 349 g/mol. The van der Waals surface area contributed by atoms with E-state index in [0.717, 1.165) is 26.2 Å². The summed E-state index contributed by atoms with van der Waals surface area (Å²) in [5.74, 6) is 0.433. The smallest absolute Gasteiger partial charge is 0.319 e. The number of nitrogens with one attached hydrogen (secondary N) is 2. The maximum atomic E-state index is 12.1. The van der Waals surface area contributed by atoms with E-state index in [1.54, 1.807) is 0 Å². The molecular weight excluding hydrogens is 322 g/mol. The van der Waals surface area contributed by atoms with Gasteiger partial charge in [0.15, 0.2) is 0 Å². The molecule has 0 radical (unpaired) electrons. The predicted octanol–water partition coefficient (Wildman–Crippen LogP) is 1.99. The van der Waals surface area contributed by atoms with Gasteiger partial charge < -0.3 is 15.5 Å². The van der Waals surface area contributed by atoms with Crippen LogP contribution in [-0.2, 0) is 0 Å². The summed E-state index contributed by atoms with van der Waals surface area (Å²) in [6.45, 7) is 8.99. The molecule has 25 heavy (non-hydrogen) atoms. The molecule has 1 atom stereocenters. The Morgan fingerprint density at radius 1 is 1.20 bits per heavy atom. The Morgan fingerprint density at radius 2 is 1.80 bits per heavy atom. The number of carbonyl (C=O) groups is 1. The van der Waals surface area contributed by atoms with Crippen molar-refractivity contribution in [1.82, 2.24) is 15.1 Å². The van der Waals surface area contributed by atoms with Crippen molar-refractivity contribution in [1.29, 1.82) is 0 Å². The molecule has 0 aromatic heterocycles. The lowest BCUT2D eigenvalue weighted by molar-refractivity contribution is -0.384. The summed E-state index contributed by atoms with van der Waals surface area (Å²) in [7, 11) is 2.12. The molecule has 0 aliphatic carbocycles. The number of non-ortho nitro benzene ring substituents is 1. The number of benzene rings is 1. The number of nitrogens with zero attached hydrogens (tertiary/aromatic N) is 3. The number of carbonyl (C=O) groups excluding carboxylic acids is 1. The Labute approximate surface area is 148 Å². The minimum atomic E-state index is -0.465. The largest absolute Gasteiger partial charge is 0.336 e. The van der Waals surface area contributed by atoms with E-state index in [1.807, 2.05) is 0 Å². The average molecular weight is 349 g/mol. The zero-order valence-electron chi connectivity index (χ0n) is 15.1. The van der Waals surface area contributed by atoms with Gasteiger partial charge in [0.1, 0.15) is 0 Å². The van der Waals surface area contributed by atoms with Gasteiger partial charge in [0.25, 0.3) is 5.69 Å². The van der Waals surface area contributed by atoms with Crippen LogP contribution in [0.5, 0.6) is 0 Å². The SMILES string of the molecule is CC(C)C(CNC(=O)Nc1ccc([N+](=O)[O-])cc1)N1CCN(C)CC1. The second-order valence-electron chi connectivity index (χ2n) is 6.79. The number of anilines is 1. The molecule has 2 N–H and O–H groups in total. The van der Waals surface area contributed by atoms with Crippen LogP contribution in [0.4, 0.5) is 16.2 Å². The maximum absolute atomic E-state index is 12.1. The fraction of sp³-hybridized carbons (Fsp3) is 0.588. The Bertz CT molecular complexity index is 582. The molecule has 1 saturated heterocycles. The van der Waals surface area contributed by atoms with Crippen molar-refractivity contribution < 1.29 is 9.72 Å². The third kappa shape index (κ3) is 5.68. The highest BCUT2D eigenvalue weighted by molar-refractivity contribution is 5.89. The summed E-state index contributed by atoms with van der Waals surface area (Å²) >= 11 is 0. The quantitative estimate of drug-likeness (QED) is 0.605. The standard InChI is InChI=1S/C17H27N5O3/c1-13(2)16(21-10-8-20(3)9-11-21)12-18-17(23)19-14-4-6-15(7-5-14)22(24)25/h4-7,13,16H,8-12H2,1-3H3,(H2,18,19,23). The number of nitro groups is 1. The summed E-state index contributed by atoms with van der Waals surface area (Å²) in [6, 6.07) is 5.79. The van der Waals surface area contributed by atoms with E-state index in [4.69, 9.17) is 0 Å². The predicted molar refractivity (Wildman–Crippen MR) is 97.8 cm³/mol. The van der Waals surface area contributed by atoms with Crippen molar-refractivity contribution in [3.8, 4) is 0 Å². The number of hydrogen-bond acceptors (Lipinski definition) is 5. The summed E-state index contributed by atoms with van der Waals surface area (Å²) in [4.78, 5) is 27.0. The van der Waals surface area contributed by atoms with Crippen molar-refractivity contribution in [3.63, 3.8) is 0 Å². The number of likely N-dealkylation sites (N-methyl/N-ethyl adjacent to an activating group) is 1. The molecular formula is C17H27N5O3. The van der Waals surface area contributed by atoms with Gasteiger partial charge in [-0.2, -0.15) is 0 Å². The van der Waals surface area contributed by atoms with Gasteiger partial charge in [0.2, 0.25) is 0 Å². The highest BCUT2D eigenvalue weighted by Crippen LogP contribution is 2.16. The lowest BCUT2D eigenvalue weighted by Crippen LogP contribution is -2.54. The normalized spacial score (nSPS) is 17.3. The Hall–Kier alpha value is -2.19. The molecule has 1 unspecified atom stereocenters. The number of amides is 2. The molecule has 1 fully saturated rings. The summed E-state index contributed by atoms with van der Waals surface area (Å²) < 4.78 is 0. The van der Waals surface area contributed by atoms with Crippen LogP contribution in [0.25, 0.3) is 0 Å². The molecule has 1 aromatic carbocycles. The minimum absolute atomic E-state index is 0.000830. The molecule has 1 heterocycles. The number of rotatable bonds is 6. The number of urea groups is 1. The van der Waals surface area contributed by atoms with E-state index in [0.29, 0.717) is 18.2 Å². The van der Waals surface area contributed by atoms with Crippen LogP contribution in [0.2, 0.25) is 0 Å². The Balaban J connectivity index is 1.85. The third-order valence-electron chi connectivity index (χ3n) is 4.58. The summed E-state index contributed by atoms with van der Waals surface area (Å²) in [5.41, 5.74) is 0.532. The van der Waals surface area contributed by atoms with Gasteiger partial charge in [-0.05, 0) is 25.1 Å². The Morgan fingerprint density at radius 3 is 2.32 bits per heavy atom. The zero-order valence-corrected chi connectivity index (χ0v) is 15.1. The molecule has 8 nitrogen and oxygen atoms in total. The van der Waals surface area contributed by atoms with Crippen LogP contribution in [0, 0.1) is 16.0 Å². The van der Waals surface area contributed by atoms with E-state index in [9.17, 15) is 14.9 Å². The van der Waals surface area contributed by atoms with E-state index in [-0.39, 0.29) is 17.8 Å². The van der Waals surface area contributed by atoms with Crippen molar-refractivity contribution in [2.75, 3.05) is 45.1 Å². The highest BCUT2D eigenvalue weighted by Gasteiger charge is 2.25. The van der Waals surface area contributed by atoms with Crippen molar-refractivity contribution in [2.24, 2.45) is 5.92 Å². The average Bonchev–Trinajstić information content (AvgIpc) is 2.57. The van der Waals surface area contributed by atoms with E-state index < -0.39 is 4.92 Å². The van der Waals surface area contributed by atoms with Gasteiger partial charge in [0.05, 0.1) is 4.92 Å². The maximum Gasteiger partial charge on any atom is 0.319 e. The van der Waals surface area contributed by atoms with E-state index in [2.05, 4.69) is 41.3 Å². The number of hydrogen-bond donors (Lipinski definition) is 2. The van der Waals surface area contributed by atoms with Crippen molar-refractivity contribution in [2.45, 2.75) is 19.9 Å². The first-order valence-electron chi connectivity index (χ1n) is 8.58. The van der Waals surface area contributed by atoms with Gasteiger partial charge in [-0.15, -0.1) is 0 Å². The minimum Gasteiger partial charge on any atom is -0.336 e. The van der Waals surface area contributed by atoms with Gasteiger partial charge in [0, 0.05) is 56.6 Å². The van der Waals surface area contributed by atoms with Crippen LogP contribution < -0.4 is 10.6 Å². The van der Waals surface area contributed by atoms with Crippen molar-refractivity contribution >= 4 is 17.4 Å². The fourth-order valence-electron chi connectivity index (χ4n) is 2.98. The molecule has 0 saturated carbocycles. The zero-order chi connectivity index (χ0) is 18.4. The first kappa shape index (κ1) is 19.1. The molecule has 0 bridgehead atoms. The topological polar surface area (TPSA) is 90.7 Å². The molecule has 2 rings (SSSR count). The second kappa shape index (κ2) is 8.77. The van der Waals surface area contributed by atoms with Crippen LogP contribution in [0.3, 0.4) is 0 Å². The van der Waals surface area contributed by atoms with E-state index in [1.165, 1.54) is 24.3 Å². The van der Waals surface area contributed by atoms with Crippen molar-refractivity contribution in [3.05, 3.63) is 34.4 Å². The van der Waals surface area contributed by atoms with Crippen LogP contribution >= 0.6 is 0 Å². The van der Waals surface area contributed by atoms with Gasteiger partial charge in [-0.1, -0.05) is 13.8 Å². The first-order valence-corrected chi connectivity index (χ1v) is 8.58. The molecule has 8 heteroatoms. The van der Waals surface area contributed by atoms with E-state index >= 15 is 0 Å². The summed E-state index contributed by atoms with van der Waals surface area (Å²) in [6.07, 6.45) is 0. The molecule has 1 aromatic rings. The fourth-order valence-corrected chi connectivity index (χ4v) is 2.98. The van der Waals surface area contributed by atoms with Crippen LogP contribution in [-0.4, -0.2) is 66.6 Å². The van der Waals surface area contributed by atoms with Gasteiger partial charge in [-0.3, -0.25) is 15.0 Å². The van der Waals surface area contributed by atoms with Gasteiger partial charge in [-0.25, -0.2) is 4.79 Å². The van der Waals surface area contributed by atoms with Crippen LogP contribution in [0.1, 0.15) is 13.8 Å². The molecule has 2 amide bonds. The molecule has 1 aliphatic rings. The molecule has 1 aliphatic heterocycles. The molecule has 138 valence electrons. The molecule has 0 spiro atoms. The number of piperazine rings is 1. The third-order valence-corrected chi connectivity index (χ3v) is 4.58. The second-order valence-corrected chi connectivity index (χ2v) is 6.79. The highest BCUT2D eigenvalue weighted by atomic mass is 16.6.